The van der Waals surface area contributed by atoms with Crippen LogP contribution in [0.1, 0.15) is 22.6 Å². The summed E-state index contributed by atoms with van der Waals surface area (Å²) in [5.74, 6) is 1.79. The zero-order chi connectivity index (χ0) is 15.2. The summed E-state index contributed by atoms with van der Waals surface area (Å²) in [6, 6.07) is 9.44. The summed E-state index contributed by atoms with van der Waals surface area (Å²) in [6.07, 6.45) is 1.45. The van der Waals surface area contributed by atoms with Gasteiger partial charge < -0.3 is 9.15 Å². The quantitative estimate of drug-likeness (QED) is 0.679. The maximum Gasteiger partial charge on any atom is 0.277 e. The summed E-state index contributed by atoms with van der Waals surface area (Å²) in [6.45, 7) is 5.64. The van der Waals surface area contributed by atoms with E-state index in [2.05, 4.69) is 10.5 Å². The minimum absolute atomic E-state index is 0.0831. The molecular formula is C16H18N2O3. The molecule has 110 valence electrons. The van der Waals surface area contributed by atoms with Gasteiger partial charge in [0, 0.05) is 0 Å². The van der Waals surface area contributed by atoms with Crippen molar-refractivity contribution >= 4 is 12.1 Å². The molecule has 0 spiro atoms. The second-order valence-electron chi connectivity index (χ2n) is 4.75. The average molecular weight is 286 g/mol. The van der Waals surface area contributed by atoms with Gasteiger partial charge in [0.25, 0.3) is 5.91 Å². The van der Waals surface area contributed by atoms with Crippen molar-refractivity contribution in [2.75, 3.05) is 6.61 Å². The zero-order valence-electron chi connectivity index (χ0n) is 12.3. The van der Waals surface area contributed by atoms with Crippen LogP contribution in [-0.2, 0) is 4.79 Å². The van der Waals surface area contributed by atoms with Gasteiger partial charge in [-0.3, -0.25) is 4.79 Å². The second-order valence-corrected chi connectivity index (χ2v) is 4.75. The van der Waals surface area contributed by atoms with Crippen molar-refractivity contribution in [1.82, 2.24) is 5.43 Å². The number of hydrogen-bond acceptors (Lipinski definition) is 4. The number of carbonyl (C=O) groups is 1. The SMILES string of the molecule is Cc1ccc(/C=N\NC(=O)COc2c(C)cccc2C)o1. The van der Waals surface area contributed by atoms with Crippen LogP contribution in [0.25, 0.3) is 0 Å². The smallest absolute Gasteiger partial charge is 0.277 e. The Bertz CT molecular complexity index is 639. The van der Waals surface area contributed by atoms with Crippen molar-refractivity contribution in [1.29, 1.82) is 0 Å². The van der Waals surface area contributed by atoms with Crippen molar-refractivity contribution in [3.8, 4) is 5.75 Å². The Hall–Kier alpha value is -2.56. The summed E-state index contributed by atoms with van der Waals surface area (Å²) in [7, 11) is 0. The van der Waals surface area contributed by atoms with Crippen LogP contribution in [0.4, 0.5) is 0 Å². The Morgan fingerprint density at radius 1 is 1.24 bits per heavy atom. The maximum absolute atomic E-state index is 11.7. The predicted molar refractivity (Wildman–Crippen MR) is 80.6 cm³/mol. The van der Waals surface area contributed by atoms with E-state index < -0.39 is 0 Å². The minimum atomic E-state index is -0.322. The van der Waals surface area contributed by atoms with Gasteiger partial charge in [-0.25, -0.2) is 5.43 Å². The molecule has 0 fully saturated rings. The molecule has 0 unspecified atom stereocenters. The van der Waals surface area contributed by atoms with E-state index in [1.807, 2.05) is 45.0 Å². The molecule has 1 N–H and O–H groups in total. The van der Waals surface area contributed by atoms with E-state index in [9.17, 15) is 4.79 Å². The molecule has 1 aromatic carbocycles. The molecule has 0 aliphatic heterocycles. The van der Waals surface area contributed by atoms with Gasteiger partial charge in [-0.1, -0.05) is 18.2 Å². The van der Waals surface area contributed by atoms with Gasteiger partial charge in [-0.15, -0.1) is 0 Å². The molecule has 5 nitrogen and oxygen atoms in total. The van der Waals surface area contributed by atoms with Crippen molar-refractivity contribution in [3.05, 3.63) is 53.0 Å². The number of ether oxygens (including phenoxy) is 1. The third-order valence-corrected chi connectivity index (χ3v) is 2.90. The lowest BCUT2D eigenvalue weighted by Gasteiger charge is -2.10. The first-order valence-electron chi connectivity index (χ1n) is 6.63. The summed E-state index contributed by atoms with van der Waals surface area (Å²) in [5, 5.41) is 3.81. The highest BCUT2D eigenvalue weighted by atomic mass is 16.5. The number of nitrogens with zero attached hydrogens (tertiary/aromatic N) is 1. The molecule has 0 bridgehead atoms. The summed E-state index contributed by atoms with van der Waals surface area (Å²) in [5.41, 5.74) is 4.39. The number of benzene rings is 1. The molecule has 0 saturated heterocycles. The molecular weight excluding hydrogens is 268 g/mol. The first kappa shape index (κ1) is 14.8. The second kappa shape index (κ2) is 6.74. The van der Waals surface area contributed by atoms with Crippen molar-refractivity contribution in [2.24, 2.45) is 5.10 Å². The lowest BCUT2D eigenvalue weighted by atomic mass is 10.1. The molecule has 0 saturated carbocycles. The van der Waals surface area contributed by atoms with E-state index >= 15 is 0 Å². The van der Waals surface area contributed by atoms with Gasteiger partial charge in [0.2, 0.25) is 0 Å². The van der Waals surface area contributed by atoms with E-state index in [0.29, 0.717) is 5.76 Å². The van der Waals surface area contributed by atoms with Gasteiger partial charge in [-0.05, 0) is 44.0 Å². The number of aryl methyl sites for hydroxylation is 3. The monoisotopic (exact) mass is 286 g/mol. The first-order chi connectivity index (χ1) is 10.1. The summed E-state index contributed by atoms with van der Waals surface area (Å²) < 4.78 is 10.8. The molecule has 0 aliphatic carbocycles. The Morgan fingerprint density at radius 2 is 1.95 bits per heavy atom. The zero-order valence-corrected chi connectivity index (χ0v) is 12.3. The number of furan rings is 1. The van der Waals surface area contributed by atoms with E-state index in [0.717, 1.165) is 22.6 Å². The number of carbonyl (C=O) groups excluding carboxylic acids is 1. The average Bonchev–Trinajstić information content (AvgIpc) is 2.84. The molecule has 2 rings (SSSR count). The molecule has 21 heavy (non-hydrogen) atoms. The third kappa shape index (κ3) is 4.21. The standard InChI is InChI=1S/C16H18N2O3/c1-11-5-4-6-12(2)16(11)20-10-15(19)18-17-9-14-8-7-13(3)21-14/h4-9H,10H2,1-3H3,(H,18,19)/b17-9-. The van der Waals surface area contributed by atoms with Gasteiger partial charge in [0.15, 0.2) is 6.61 Å². The highest BCUT2D eigenvalue weighted by Gasteiger charge is 2.06. The fraction of sp³-hybridized carbons (Fsp3) is 0.250. The molecule has 1 aromatic heterocycles. The van der Waals surface area contributed by atoms with Crippen molar-refractivity contribution in [3.63, 3.8) is 0 Å². The number of hydrazone groups is 1. The highest BCUT2D eigenvalue weighted by molar-refractivity contribution is 5.81. The minimum Gasteiger partial charge on any atom is -0.483 e. The van der Waals surface area contributed by atoms with Gasteiger partial charge >= 0.3 is 0 Å². The number of rotatable bonds is 5. The molecule has 0 aliphatic rings. The number of para-hydroxylation sites is 1. The van der Waals surface area contributed by atoms with Crippen LogP contribution in [0.15, 0.2) is 39.9 Å². The first-order valence-corrected chi connectivity index (χ1v) is 6.63. The molecule has 1 heterocycles. The van der Waals surface area contributed by atoms with E-state index in [1.165, 1.54) is 6.21 Å². The largest absolute Gasteiger partial charge is 0.483 e. The summed E-state index contributed by atoms with van der Waals surface area (Å²) >= 11 is 0. The lowest BCUT2D eigenvalue weighted by Crippen LogP contribution is -2.24. The van der Waals surface area contributed by atoms with Crippen LogP contribution in [0, 0.1) is 20.8 Å². The highest BCUT2D eigenvalue weighted by Crippen LogP contribution is 2.21. The Balaban J connectivity index is 1.84. The van der Waals surface area contributed by atoms with Crippen LogP contribution >= 0.6 is 0 Å². The normalized spacial score (nSPS) is 10.8. The summed E-state index contributed by atoms with van der Waals surface area (Å²) in [4.78, 5) is 11.7. The maximum atomic E-state index is 11.7. The predicted octanol–water partition coefficient (Wildman–Crippen LogP) is 2.73. The Kier molecular flexibility index (Phi) is 4.77. The van der Waals surface area contributed by atoms with Crippen LogP contribution in [0.2, 0.25) is 0 Å². The van der Waals surface area contributed by atoms with E-state index in [4.69, 9.17) is 9.15 Å². The fourth-order valence-electron chi connectivity index (χ4n) is 1.89. The number of amides is 1. The van der Waals surface area contributed by atoms with Crippen molar-refractivity contribution in [2.45, 2.75) is 20.8 Å². The lowest BCUT2D eigenvalue weighted by molar-refractivity contribution is -0.123. The van der Waals surface area contributed by atoms with Crippen LogP contribution < -0.4 is 10.2 Å². The molecule has 5 heteroatoms. The molecule has 1 amide bonds. The molecule has 0 radical (unpaired) electrons. The molecule has 0 atom stereocenters. The van der Waals surface area contributed by atoms with Gasteiger partial charge in [0.05, 0.1) is 6.21 Å². The molecule has 2 aromatic rings. The number of nitrogens with one attached hydrogen (secondary N) is 1. The van der Waals surface area contributed by atoms with Gasteiger partial charge in [-0.2, -0.15) is 5.10 Å². The van der Waals surface area contributed by atoms with Crippen LogP contribution in [0.3, 0.4) is 0 Å². The third-order valence-electron chi connectivity index (χ3n) is 2.90. The number of hydrogen-bond donors (Lipinski definition) is 1. The van der Waals surface area contributed by atoms with Crippen LogP contribution in [-0.4, -0.2) is 18.7 Å². The fourth-order valence-corrected chi connectivity index (χ4v) is 1.89. The topological polar surface area (TPSA) is 63.8 Å². The van der Waals surface area contributed by atoms with Crippen molar-refractivity contribution < 1.29 is 13.9 Å². The van der Waals surface area contributed by atoms with Crippen LogP contribution in [0.5, 0.6) is 5.75 Å². The van der Waals surface area contributed by atoms with E-state index in [1.54, 1.807) is 6.07 Å². The Labute approximate surface area is 123 Å². The van der Waals surface area contributed by atoms with E-state index in [-0.39, 0.29) is 12.5 Å². The Morgan fingerprint density at radius 3 is 2.57 bits per heavy atom. The van der Waals surface area contributed by atoms with Gasteiger partial charge in [0.1, 0.15) is 17.3 Å².